The van der Waals surface area contributed by atoms with Gasteiger partial charge in [-0.3, -0.25) is 24.3 Å². The highest BCUT2D eigenvalue weighted by molar-refractivity contribution is 7.99. The van der Waals surface area contributed by atoms with Crippen LogP contribution in [0.4, 0.5) is 0 Å². The van der Waals surface area contributed by atoms with Crippen LogP contribution < -0.4 is 15.6 Å². The van der Waals surface area contributed by atoms with E-state index in [0.717, 1.165) is 22.2 Å². The minimum Gasteiger partial charge on any atom is -0.497 e. The quantitative estimate of drug-likeness (QED) is 0.476. The number of aromatic nitrogens is 2. The smallest absolute Gasteiger partial charge is 0.263 e. The van der Waals surface area contributed by atoms with Crippen molar-refractivity contribution in [3.63, 3.8) is 0 Å². The van der Waals surface area contributed by atoms with Gasteiger partial charge in [-0.15, -0.1) is 11.3 Å². The number of rotatable bonds is 6. The zero-order valence-corrected chi connectivity index (χ0v) is 18.2. The second kappa shape index (κ2) is 8.79. The molecule has 0 aliphatic carbocycles. The minimum atomic E-state index is -0.487. The Labute approximate surface area is 176 Å². The number of hydrogen-bond acceptors (Lipinski definition) is 7. The van der Waals surface area contributed by atoms with Crippen LogP contribution in [0.1, 0.15) is 27.7 Å². The van der Waals surface area contributed by atoms with Gasteiger partial charge in [-0.05, 0) is 50.6 Å². The molecule has 152 valence electrons. The molecule has 0 bridgehead atoms. The van der Waals surface area contributed by atoms with E-state index in [9.17, 15) is 14.4 Å². The van der Waals surface area contributed by atoms with E-state index in [2.05, 4.69) is 10.3 Å². The maximum Gasteiger partial charge on any atom is 0.263 e. The third-order valence-corrected chi connectivity index (χ3v) is 6.59. The second-order valence-electron chi connectivity index (χ2n) is 6.30. The molecule has 2 heterocycles. The SMILES string of the molecule is CCn1c(SCC(=O)NC(=O)c2ccc(OC)cc2)nc2sc(C)c(C)c2c1=O. The summed E-state index contributed by atoms with van der Waals surface area (Å²) in [6.45, 7) is 6.19. The van der Waals surface area contributed by atoms with Gasteiger partial charge >= 0.3 is 0 Å². The molecule has 0 saturated carbocycles. The Kier molecular flexibility index (Phi) is 6.39. The van der Waals surface area contributed by atoms with E-state index in [4.69, 9.17) is 4.74 Å². The Morgan fingerprint density at radius 1 is 1.24 bits per heavy atom. The monoisotopic (exact) mass is 431 g/mol. The summed E-state index contributed by atoms with van der Waals surface area (Å²) in [4.78, 5) is 43.6. The number of carbonyl (C=O) groups is 2. The summed E-state index contributed by atoms with van der Waals surface area (Å²) in [5.74, 6) is -0.338. The van der Waals surface area contributed by atoms with Crippen LogP contribution in [-0.2, 0) is 11.3 Å². The number of methoxy groups -OCH3 is 1. The van der Waals surface area contributed by atoms with Gasteiger partial charge in [0, 0.05) is 17.0 Å². The number of thioether (sulfide) groups is 1. The van der Waals surface area contributed by atoms with Crippen molar-refractivity contribution in [2.75, 3.05) is 12.9 Å². The van der Waals surface area contributed by atoms with Crippen LogP contribution in [0.2, 0.25) is 0 Å². The van der Waals surface area contributed by atoms with Gasteiger partial charge in [0.15, 0.2) is 5.16 Å². The van der Waals surface area contributed by atoms with Gasteiger partial charge in [0.1, 0.15) is 10.6 Å². The number of ether oxygens (including phenoxy) is 1. The molecule has 7 nitrogen and oxygen atoms in total. The number of thiophene rings is 1. The van der Waals surface area contributed by atoms with Crippen molar-refractivity contribution in [1.82, 2.24) is 14.9 Å². The van der Waals surface area contributed by atoms with Crippen molar-refractivity contribution in [1.29, 1.82) is 0 Å². The van der Waals surface area contributed by atoms with Crippen molar-refractivity contribution in [2.45, 2.75) is 32.5 Å². The highest BCUT2D eigenvalue weighted by Gasteiger charge is 2.17. The number of imide groups is 1. The van der Waals surface area contributed by atoms with Gasteiger partial charge in [-0.1, -0.05) is 11.8 Å². The van der Waals surface area contributed by atoms with E-state index in [-0.39, 0.29) is 11.3 Å². The third kappa shape index (κ3) is 4.35. The zero-order valence-electron chi connectivity index (χ0n) is 16.6. The molecule has 1 N–H and O–H groups in total. The largest absolute Gasteiger partial charge is 0.497 e. The molecule has 0 unspecified atom stereocenters. The highest BCUT2D eigenvalue weighted by atomic mass is 32.2. The first-order valence-corrected chi connectivity index (χ1v) is 10.8. The molecule has 0 saturated heterocycles. The number of hydrogen-bond donors (Lipinski definition) is 1. The van der Waals surface area contributed by atoms with Gasteiger partial charge in [-0.2, -0.15) is 0 Å². The molecule has 0 fully saturated rings. The fourth-order valence-electron chi connectivity index (χ4n) is 2.81. The van der Waals surface area contributed by atoms with Crippen molar-refractivity contribution in [2.24, 2.45) is 0 Å². The Hall–Kier alpha value is -2.65. The Morgan fingerprint density at radius 3 is 2.55 bits per heavy atom. The van der Waals surface area contributed by atoms with Crippen LogP contribution in [0.5, 0.6) is 5.75 Å². The minimum absolute atomic E-state index is 0.0246. The molecule has 0 aliphatic rings. The molecule has 3 rings (SSSR count). The Balaban J connectivity index is 1.73. The van der Waals surface area contributed by atoms with E-state index in [0.29, 0.717) is 33.2 Å². The number of aryl methyl sites for hydroxylation is 2. The molecule has 1 aromatic carbocycles. The van der Waals surface area contributed by atoms with Gasteiger partial charge in [-0.25, -0.2) is 4.98 Å². The molecule has 0 spiro atoms. The fraction of sp³-hybridized carbons (Fsp3) is 0.300. The lowest BCUT2D eigenvalue weighted by Gasteiger charge is -2.10. The standard InChI is InChI=1S/C20H21N3O4S2/c1-5-23-19(26)16-11(2)12(3)29-18(16)22-20(23)28-10-15(24)21-17(25)13-6-8-14(27-4)9-7-13/h6-9H,5,10H2,1-4H3,(H,21,24,25). The van der Waals surface area contributed by atoms with Gasteiger partial charge in [0.2, 0.25) is 5.91 Å². The van der Waals surface area contributed by atoms with Crippen molar-refractivity contribution >= 4 is 45.1 Å². The number of amides is 2. The highest BCUT2D eigenvalue weighted by Crippen LogP contribution is 2.28. The average Bonchev–Trinajstić information content (AvgIpc) is 3.00. The summed E-state index contributed by atoms with van der Waals surface area (Å²) in [6, 6.07) is 6.47. The van der Waals surface area contributed by atoms with Crippen molar-refractivity contribution < 1.29 is 14.3 Å². The fourth-order valence-corrected chi connectivity index (χ4v) is 4.74. The summed E-state index contributed by atoms with van der Waals surface area (Å²) in [5.41, 5.74) is 1.21. The summed E-state index contributed by atoms with van der Waals surface area (Å²) in [7, 11) is 1.54. The third-order valence-electron chi connectivity index (χ3n) is 4.51. The second-order valence-corrected chi connectivity index (χ2v) is 8.45. The van der Waals surface area contributed by atoms with E-state index >= 15 is 0 Å². The van der Waals surface area contributed by atoms with Crippen molar-refractivity contribution in [3.05, 3.63) is 50.6 Å². The number of benzene rings is 1. The lowest BCUT2D eigenvalue weighted by molar-refractivity contribution is -0.117. The van der Waals surface area contributed by atoms with Gasteiger partial charge in [0.05, 0.1) is 18.2 Å². The maximum atomic E-state index is 12.8. The van der Waals surface area contributed by atoms with Crippen LogP contribution in [0, 0.1) is 13.8 Å². The summed E-state index contributed by atoms with van der Waals surface area (Å²) < 4.78 is 6.61. The first-order valence-electron chi connectivity index (χ1n) is 8.97. The van der Waals surface area contributed by atoms with Crippen molar-refractivity contribution in [3.8, 4) is 5.75 Å². The molecule has 9 heteroatoms. The lowest BCUT2D eigenvalue weighted by Crippen LogP contribution is -2.32. The zero-order chi connectivity index (χ0) is 21.1. The van der Waals surface area contributed by atoms with Crippen LogP contribution in [0.15, 0.2) is 34.2 Å². The number of carbonyl (C=O) groups excluding carboxylic acids is 2. The Bertz CT molecular complexity index is 1130. The first kappa shape index (κ1) is 21.1. The molecule has 29 heavy (non-hydrogen) atoms. The van der Waals surface area contributed by atoms with Gasteiger partial charge in [0.25, 0.3) is 11.5 Å². The number of fused-ring (bicyclic) bond motifs is 1. The molecule has 0 aliphatic heterocycles. The van der Waals surface area contributed by atoms with Crippen LogP contribution in [-0.4, -0.2) is 34.2 Å². The average molecular weight is 432 g/mol. The molecule has 2 amide bonds. The predicted octanol–water partition coefficient (Wildman–Crippen LogP) is 3.15. The molecule has 2 aromatic heterocycles. The topological polar surface area (TPSA) is 90.3 Å². The Morgan fingerprint density at radius 2 is 1.93 bits per heavy atom. The maximum absolute atomic E-state index is 12.8. The molecular formula is C20H21N3O4S2. The van der Waals surface area contributed by atoms with E-state index < -0.39 is 11.8 Å². The lowest BCUT2D eigenvalue weighted by atomic mass is 10.2. The molecule has 3 aromatic rings. The van der Waals surface area contributed by atoms with Crippen LogP contribution >= 0.6 is 23.1 Å². The molecule has 0 atom stereocenters. The molecular weight excluding hydrogens is 410 g/mol. The van der Waals surface area contributed by atoms with E-state index in [1.165, 1.54) is 18.4 Å². The van der Waals surface area contributed by atoms with Crippen LogP contribution in [0.3, 0.4) is 0 Å². The van der Waals surface area contributed by atoms with Crippen LogP contribution in [0.25, 0.3) is 10.2 Å². The first-order chi connectivity index (χ1) is 13.8. The van der Waals surface area contributed by atoms with E-state index in [1.807, 2.05) is 20.8 Å². The summed E-state index contributed by atoms with van der Waals surface area (Å²) in [6.07, 6.45) is 0. The number of nitrogens with one attached hydrogen (secondary N) is 1. The summed E-state index contributed by atoms with van der Waals surface area (Å²) >= 11 is 2.61. The normalized spacial score (nSPS) is 10.9. The summed E-state index contributed by atoms with van der Waals surface area (Å²) in [5, 5.41) is 3.46. The number of nitrogens with zero attached hydrogens (tertiary/aromatic N) is 2. The van der Waals surface area contributed by atoms with Gasteiger partial charge < -0.3 is 4.74 Å². The predicted molar refractivity (Wildman–Crippen MR) is 115 cm³/mol. The van der Waals surface area contributed by atoms with E-state index in [1.54, 1.807) is 28.8 Å². The molecule has 0 radical (unpaired) electrons.